The number of amides is 1. The molecular weight excluding hydrogens is 364 g/mol. The van der Waals surface area contributed by atoms with Crippen molar-refractivity contribution >= 4 is 16.8 Å². The molecule has 5 rings (SSSR count). The van der Waals surface area contributed by atoms with Crippen LogP contribution in [0.5, 0.6) is 0 Å². The van der Waals surface area contributed by atoms with Gasteiger partial charge in [0.25, 0.3) is 11.5 Å². The van der Waals surface area contributed by atoms with Crippen molar-refractivity contribution in [3.8, 4) is 0 Å². The fourth-order valence-corrected chi connectivity index (χ4v) is 4.74. The maximum Gasteiger partial charge on any atom is 0.267 e. The summed E-state index contributed by atoms with van der Waals surface area (Å²) in [6.07, 6.45) is 7.95. The Morgan fingerprint density at radius 1 is 1.14 bits per heavy atom. The minimum absolute atomic E-state index is 0.0169. The van der Waals surface area contributed by atoms with E-state index in [1.807, 2.05) is 35.4 Å². The molecule has 1 aromatic carbocycles. The van der Waals surface area contributed by atoms with E-state index in [9.17, 15) is 9.59 Å². The fraction of sp³-hybridized carbons (Fsp3) is 0.435. The summed E-state index contributed by atoms with van der Waals surface area (Å²) in [6, 6.07) is 9.57. The number of aryl methyl sites for hydroxylation is 2. The molecule has 6 heteroatoms. The largest absolute Gasteiger partial charge is 0.361 e. The van der Waals surface area contributed by atoms with Gasteiger partial charge >= 0.3 is 0 Å². The number of hydrogen-bond acceptors (Lipinski definition) is 3. The molecule has 1 N–H and O–H groups in total. The van der Waals surface area contributed by atoms with Crippen LogP contribution in [0.25, 0.3) is 10.9 Å². The zero-order valence-corrected chi connectivity index (χ0v) is 16.6. The van der Waals surface area contributed by atoms with E-state index < -0.39 is 0 Å². The second kappa shape index (κ2) is 7.50. The van der Waals surface area contributed by atoms with Gasteiger partial charge in [-0.3, -0.25) is 9.59 Å². The predicted molar refractivity (Wildman–Crippen MR) is 112 cm³/mol. The maximum absolute atomic E-state index is 13.0. The Balaban J connectivity index is 1.26. The van der Waals surface area contributed by atoms with E-state index >= 15 is 0 Å². The van der Waals surface area contributed by atoms with Crippen LogP contribution in [0.2, 0.25) is 0 Å². The minimum atomic E-state index is 0.0169. The number of carbonyl (C=O) groups excluding carboxylic acids is 1. The number of H-pyrrole nitrogens is 1. The average Bonchev–Trinajstić information content (AvgIpc) is 3.23. The van der Waals surface area contributed by atoms with Gasteiger partial charge in [0.15, 0.2) is 0 Å². The third-order valence-corrected chi connectivity index (χ3v) is 6.43. The quantitative estimate of drug-likeness (QED) is 0.747. The van der Waals surface area contributed by atoms with Crippen molar-refractivity contribution in [3.63, 3.8) is 0 Å². The van der Waals surface area contributed by atoms with Crippen LogP contribution in [0.15, 0.2) is 41.3 Å². The molecule has 0 saturated carbocycles. The molecule has 3 heterocycles. The number of benzene rings is 1. The van der Waals surface area contributed by atoms with Crippen molar-refractivity contribution in [2.24, 2.45) is 5.92 Å². The van der Waals surface area contributed by atoms with Crippen molar-refractivity contribution in [2.75, 3.05) is 13.1 Å². The molecular formula is C23H26N4O2. The molecule has 0 atom stereocenters. The summed E-state index contributed by atoms with van der Waals surface area (Å²) in [5.74, 6) is 0.478. The molecule has 0 spiro atoms. The SMILES string of the molecule is O=C(c1cccc2[nH]ccc12)N1CCC(Cn2nc3c(cc2=O)CCCC3)CC1. The van der Waals surface area contributed by atoms with Crippen LogP contribution in [0.4, 0.5) is 0 Å². The third kappa shape index (κ3) is 3.48. The molecule has 2 aliphatic rings. The molecule has 29 heavy (non-hydrogen) atoms. The molecule has 3 aromatic rings. The van der Waals surface area contributed by atoms with Crippen LogP contribution < -0.4 is 5.56 Å². The summed E-state index contributed by atoms with van der Waals surface area (Å²) in [6.45, 7) is 2.11. The van der Waals surface area contributed by atoms with Crippen LogP contribution in [-0.2, 0) is 19.4 Å². The minimum Gasteiger partial charge on any atom is -0.361 e. The second-order valence-corrected chi connectivity index (χ2v) is 8.32. The number of aromatic amines is 1. The molecule has 2 aromatic heterocycles. The second-order valence-electron chi connectivity index (χ2n) is 8.32. The Morgan fingerprint density at radius 3 is 2.83 bits per heavy atom. The van der Waals surface area contributed by atoms with Gasteiger partial charge < -0.3 is 9.88 Å². The van der Waals surface area contributed by atoms with Crippen molar-refractivity contribution in [1.82, 2.24) is 19.7 Å². The van der Waals surface area contributed by atoms with Gasteiger partial charge in [-0.15, -0.1) is 0 Å². The van der Waals surface area contributed by atoms with E-state index in [-0.39, 0.29) is 11.5 Å². The highest BCUT2D eigenvalue weighted by molar-refractivity contribution is 6.06. The number of carbonyl (C=O) groups is 1. The van der Waals surface area contributed by atoms with Gasteiger partial charge in [0.1, 0.15) is 0 Å². The highest BCUT2D eigenvalue weighted by Crippen LogP contribution is 2.24. The number of rotatable bonds is 3. The number of nitrogens with one attached hydrogen (secondary N) is 1. The Morgan fingerprint density at radius 2 is 1.97 bits per heavy atom. The monoisotopic (exact) mass is 390 g/mol. The molecule has 1 saturated heterocycles. The van der Waals surface area contributed by atoms with Crippen LogP contribution in [-0.4, -0.2) is 38.7 Å². The lowest BCUT2D eigenvalue weighted by Crippen LogP contribution is -2.40. The smallest absolute Gasteiger partial charge is 0.267 e. The van der Waals surface area contributed by atoms with Crippen LogP contribution in [0.1, 0.15) is 47.3 Å². The van der Waals surface area contributed by atoms with Gasteiger partial charge in [0, 0.05) is 48.4 Å². The van der Waals surface area contributed by atoms with E-state index in [0.29, 0.717) is 12.5 Å². The van der Waals surface area contributed by atoms with Gasteiger partial charge in [-0.2, -0.15) is 5.10 Å². The summed E-state index contributed by atoms with van der Waals surface area (Å²) in [5.41, 5.74) is 4.00. The average molecular weight is 390 g/mol. The van der Waals surface area contributed by atoms with Crippen molar-refractivity contribution < 1.29 is 4.79 Å². The summed E-state index contributed by atoms with van der Waals surface area (Å²) in [5, 5.41) is 5.63. The topological polar surface area (TPSA) is 71.0 Å². The maximum atomic E-state index is 13.0. The van der Waals surface area contributed by atoms with Crippen LogP contribution in [0, 0.1) is 5.92 Å². The van der Waals surface area contributed by atoms with Crippen LogP contribution >= 0.6 is 0 Å². The van der Waals surface area contributed by atoms with E-state index in [1.54, 1.807) is 10.7 Å². The Hall–Kier alpha value is -2.89. The molecule has 6 nitrogen and oxygen atoms in total. The standard InChI is InChI=1S/C23H26N4O2/c28-22-14-17-4-1-2-6-20(17)25-27(22)15-16-9-12-26(13-10-16)23(29)19-5-3-7-21-18(19)8-11-24-21/h3,5,7-8,11,14,16,24H,1-2,4,6,9-10,12-13,15H2. The molecule has 1 aliphatic heterocycles. The van der Waals surface area contributed by atoms with Gasteiger partial charge in [-0.05, 0) is 68.2 Å². The van der Waals surface area contributed by atoms with Gasteiger partial charge in [-0.1, -0.05) is 6.07 Å². The highest BCUT2D eigenvalue weighted by Gasteiger charge is 2.25. The Labute approximate surface area is 169 Å². The summed E-state index contributed by atoms with van der Waals surface area (Å²) in [7, 11) is 0. The van der Waals surface area contributed by atoms with Crippen molar-refractivity contribution in [2.45, 2.75) is 45.1 Å². The zero-order chi connectivity index (χ0) is 19.8. The van der Waals surface area contributed by atoms with Gasteiger partial charge in [-0.25, -0.2) is 4.68 Å². The van der Waals surface area contributed by atoms with Crippen molar-refractivity contribution in [3.05, 3.63) is 63.7 Å². The number of nitrogens with zero attached hydrogens (tertiary/aromatic N) is 3. The molecule has 1 aliphatic carbocycles. The first-order valence-corrected chi connectivity index (χ1v) is 10.6. The number of aromatic nitrogens is 3. The van der Waals surface area contributed by atoms with E-state index in [2.05, 4.69) is 10.1 Å². The summed E-state index contributed by atoms with van der Waals surface area (Å²) < 4.78 is 1.66. The Bertz CT molecular complexity index is 1110. The normalized spacial score (nSPS) is 17.4. The first-order chi connectivity index (χ1) is 14.2. The lowest BCUT2D eigenvalue weighted by Gasteiger charge is -2.32. The third-order valence-electron chi connectivity index (χ3n) is 6.43. The van der Waals surface area contributed by atoms with E-state index in [0.717, 1.165) is 79.3 Å². The molecule has 0 radical (unpaired) electrons. The summed E-state index contributed by atoms with van der Waals surface area (Å²) in [4.78, 5) is 30.6. The zero-order valence-electron chi connectivity index (χ0n) is 16.6. The van der Waals surface area contributed by atoms with E-state index in [1.165, 1.54) is 0 Å². The number of likely N-dealkylation sites (tertiary alicyclic amines) is 1. The predicted octanol–water partition coefficient (Wildman–Crippen LogP) is 3.16. The van der Waals surface area contributed by atoms with Crippen molar-refractivity contribution in [1.29, 1.82) is 0 Å². The molecule has 0 bridgehead atoms. The van der Waals surface area contributed by atoms with E-state index in [4.69, 9.17) is 0 Å². The van der Waals surface area contributed by atoms with Gasteiger partial charge in [0.05, 0.1) is 5.69 Å². The molecule has 1 amide bonds. The highest BCUT2D eigenvalue weighted by atomic mass is 16.2. The molecule has 0 unspecified atom stereocenters. The lowest BCUT2D eigenvalue weighted by atomic mass is 9.95. The number of fused-ring (bicyclic) bond motifs is 2. The van der Waals surface area contributed by atoms with Gasteiger partial charge in [0.2, 0.25) is 0 Å². The first kappa shape index (κ1) is 18.2. The first-order valence-electron chi connectivity index (χ1n) is 10.6. The number of hydrogen-bond donors (Lipinski definition) is 1. The Kier molecular flexibility index (Phi) is 4.70. The summed E-state index contributed by atoms with van der Waals surface area (Å²) >= 11 is 0. The fourth-order valence-electron chi connectivity index (χ4n) is 4.74. The number of piperidine rings is 1. The van der Waals surface area contributed by atoms with Crippen LogP contribution in [0.3, 0.4) is 0 Å². The molecule has 1 fully saturated rings. The molecule has 150 valence electrons. The lowest BCUT2D eigenvalue weighted by molar-refractivity contribution is 0.0682.